The van der Waals surface area contributed by atoms with Gasteiger partial charge in [-0.1, -0.05) is 56.3 Å². The third kappa shape index (κ3) is 7.07. The van der Waals surface area contributed by atoms with Gasteiger partial charge in [-0.3, -0.25) is 9.59 Å². The SMILES string of the molecule is C[C@H]1CN(C[C@H](Cc2ccccc2)C(=O)N[C@@H](CCC(=O)O)C(=O)O)CC[C@@]1(C)c1cccc(O)c1. The average molecular weight is 497 g/mol. The van der Waals surface area contributed by atoms with Crippen molar-refractivity contribution >= 4 is 17.8 Å². The van der Waals surface area contributed by atoms with Crippen molar-refractivity contribution in [1.82, 2.24) is 10.2 Å². The van der Waals surface area contributed by atoms with Crippen molar-refractivity contribution in [3.05, 3.63) is 65.7 Å². The standard InChI is InChI=1S/C28H36N2O6/c1-19-17-30(14-13-28(19,2)22-9-6-10-23(31)16-22)18-21(15-20-7-4-3-5-8-20)26(34)29-24(27(35)36)11-12-25(32)33/h3-10,16,19,21,24,31H,11-15,17-18H2,1-2H3,(H,29,34)(H,32,33)(H,35,36)/t19-,21-,24-,28+/m0/s1. The molecule has 2 aromatic rings. The summed E-state index contributed by atoms with van der Waals surface area (Å²) in [6.45, 7) is 6.36. The van der Waals surface area contributed by atoms with E-state index in [-0.39, 0.29) is 35.8 Å². The molecule has 0 aliphatic carbocycles. The molecule has 0 bridgehead atoms. The molecule has 4 atom stereocenters. The van der Waals surface area contributed by atoms with Gasteiger partial charge in [0.15, 0.2) is 0 Å². The average Bonchev–Trinajstić information content (AvgIpc) is 2.84. The number of likely N-dealkylation sites (tertiary alicyclic amines) is 1. The van der Waals surface area contributed by atoms with E-state index >= 15 is 0 Å². The molecule has 1 aliphatic heterocycles. The largest absolute Gasteiger partial charge is 0.508 e. The van der Waals surface area contributed by atoms with Crippen LogP contribution in [-0.2, 0) is 26.2 Å². The molecule has 1 saturated heterocycles. The normalized spacial score (nSPS) is 21.9. The molecule has 0 radical (unpaired) electrons. The molecule has 8 heteroatoms. The lowest BCUT2D eigenvalue weighted by Gasteiger charge is -2.45. The molecule has 0 spiro atoms. The van der Waals surface area contributed by atoms with E-state index in [1.54, 1.807) is 6.07 Å². The maximum Gasteiger partial charge on any atom is 0.326 e. The Morgan fingerprint density at radius 2 is 1.83 bits per heavy atom. The van der Waals surface area contributed by atoms with Gasteiger partial charge in [-0.25, -0.2) is 4.79 Å². The van der Waals surface area contributed by atoms with Gasteiger partial charge in [0.05, 0.1) is 5.92 Å². The number of nitrogens with zero attached hydrogens (tertiary/aromatic N) is 1. The van der Waals surface area contributed by atoms with E-state index in [2.05, 4.69) is 24.1 Å². The number of piperidine rings is 1. The van der Waals surface area contributed by atoms with Gasteiger partial charge in [0.1, 0.15) is 11.8 Å². The number of rotatable bonds is 11. The number of carbonyl (C=O) groups is 3. The molecule has 2 aromatic carbocycles. The van der Waals surface area contributed by atoms with E-state index < -0.39 is 23.9 Å². The summed E-state index contributed by atoms with van der Waals surface area (Å²) in [6, 6.07) is 15.7. The van der Waals surface area contributed by atoms with Crippen LogP contribution >= 0.6 is 0 Å². The molecule has 0 aromatic heterocycles. The Bertz CT molecular complexity index is 1060. The molecule has 4 N–H and O–H groups in total. The number of benzene rings is 2. The van der Waals surface area contributed by atoms with Crippen LogP contribution in [0.3, 0.4) is 0 Å². The first-order valence-electron chi connectivity index (χ1n) is 12.4. The van der Waals surface area contributed by atoms with Crippen LogP contribution in [0.2, 0.25) is 0 Å². The zero-order chi connectivity index (χ0) is 26.3. The number of phenolic OH excluding ortho intramolecular Hbond substituents is 1. The number of nitrogens with one attached hydrogen (secondary N) is 1. The number of hydrogen-bond acceptors (Lipinski definition) is 5. The molecular formula is C28H36N2O6. The number of phenols is 1. The first kappa shape index (κ1) is 27.2. The highest BCUT2D eigenvalue weighted by Crippen LogP contribution is 2.40. The lowest BCUT2D eigenvalue weighted by atomic mass is 9.68. The first-order chi connectivity index (χ1) is 17.1. The molecule has 1 amide bonds. The summed E-state index contributed by atoms with van der Waals surface area (Å²) < 4.78 is 0. The molecule has 0 unspecified atom stereocenters. The minimum atomic E-state index is -1.25. The summed E-state index contributed by atoms with van der Waals surface area (Å²) in [7, 11) is 0. The molecule has 8 nitrogen and oxygen atoms in total. The van der Waals surface area contributed by atoms with Gasteiger partial charge in [0.2, 0.25) is 5.91 Å². The monoisotopic (exact) mass is 496 g/mol. The number of hydrogen-bond donors (Lipinski definition) is 4. The fourth-order valence-corrected chi connectivity index (χ4v) is 5.04. The van der Waals surface area contributed by atoms with Crippen molar-refractivity contribution in [3.63, 3.8) is 0 Å². The van der Waals surface area contributed by atoms with Crippen LogP contribution in [0.4, 0.5) is 0 Å². The van der Waals surface area contributed by atoms with Gasteiger partial charge < -0.3 is 25.5 Å². The van der Waals surface area contributed by atoms with Gasteiger partial charge in [-0.2, -0.15) is 0 Å². The zero-order valence-electron chi connectivity index (χ0n) is 20.9. The fraction of sp³-hybridized carbons (Fsp3) is 0.464. The Morgan fingerprint density at radius 3 is 2.44 bits per heavy atom. The van der Waals surface area contributed by atoms with Crippen LogP contribution in [-0.4, -0.2) is 63.7 Å². The lowest BCUT2D eigenvalue weighted by Crippen LogP contribution is -2.51. The number of carboxylic acid groups (broad SMARTS) is 2. The smallest absolute Gasteiger partial charge is 0.326 e. The van der Waals surface area contributed by atoms with Crippen molar-refractivity contribution in [3.8, 4) is 5.75 Å². The number of amides is 1. The minimum Gasteiger partial charge on any atom is -0.508 e. The van der Waals surface area contributed by atoms with Crippen molar-refractivity contribution in [2.45, 2.75) is 51.0 Å². The number of carboxylic acids is 2. The van der Waals surface area contributed by atoms with Gasteiger partial charge in [-0.15, -0.1) is 0 Å². The second-order valence-electron chi connectivity index (χ2n) is 10.1. The van der Waals surface area contributed by atoms with Crippen molar-refractivity contribution in [1.29, 1.82) is 0 Å². The summed E-state index contributed by atoms with van der Waals surface area (Å²) in [5.74, 6) is -2.71. The van der Waals surface area contributed by atoms with E-state index in [0.717, 1.165) is 30.6 Å². The van der Waals surface area contributed by atoms with Gasteiger partial charge in [0.25, 0.3) is 0 Å². The van der Waals surface area contributed by atoms with E-state index in [0.29, 0.717) is 13.0 Å². The summed E-state index contributed by atoms with van der Waals surface area (Å²) in [5, 5.41) is 31.0. The highest BCUT2D eigenvalue weighted by molar-refractivity contribution is 5.85. The fourth-order valence-electron chi connectivity index (χ4n) is 5.04. The van der Waals surface area contributed by atoms with Crippen molar-refractivity contribution < 1.29 is 29.7 Å². The van der Waals surface area contributed by atoms with Crippen molar-refractivity contribution in [2.75, 3.05) is 19.6 Å². The van der Waals surface area contributed by atoms with Crippen molar-refractivity contribution in [2.24, 2.45) is 11.8 Å². The molecule has 3 rings (SSSR count). The maximum atomic E-state index is 13.3. The Balaban J connectivity index is 1.73. The van der Waals surface area contributed by atoms with Crippen LogP contribution in [0.1, 0.15) is 44.2 Å². The molecule has 1 fully saturated rings. The topological polar surface area (TPSA) is 127 Å². The predicted octanol–water partition coefficient (Wildman–Crippen LogP) is 3.28. The number of aromatic hydroxyl groups is 1. The Kier molecular flexibility index (Phi) is 9.09. The lowest BCUT2D eigenvalue weighted by molar-refractivity contribution is -0.143. The van der Waals surface area contributed by atoms with Gasteiger partial charge in [-0.05, 0) is 60.4 Å². The second kappa shape index (κ2) is 12.0. The highest BCUT2D eigenvalue weighted by Gasteiger charge is 2.39. The van der Waals surface area contributed by atoms with Crippen LogP contribution in [0.25, 0.3) is 0 Å². The summed E-state index contributed by atoms with van der Waals surface area (Å²) in [5.41, 5.74) is 1.96. The quantitative estimate of drug-likeness (QED) is 0.376. The number of carbonyl (C=O) groups excluding carboxylic acids is 1. The Morgan fingerprint density at radius 1 is 1.11 bits per heavy atom. The van der Waals surface area contributed by atoms with E-state index in [1.807, 2.05) is 48.5 Å². The van der Waals surface area contributed by atoms with Crippen LogP contribution in [0, 0.1) is 11.8 Å². The Hall–Kier alpha value is -3.39. The molecule has 0 saturated carbocycles. The highest BCUT2D eigenvalue weighted by atomic mass is 16.4. The molecule has 1 heterocycles. The summed E-state index contributed by atoms with van der Waals surface area (Å²) in [4.78, 5) is 38.1. The molecular weight excluding hydrogens is 460 g/mol. The van der Waals surface area contributed by atoms with E-state index in [1.165, 1.54) is 0 Å². The second-order valence-corrected chi connectivity index (χ2v) is 10.1. The van der Waals surface area contributed by atoms with Crippen LogP contribution in [0.5, 0.6) is 5.75 Å². The van der Waals surface area contributed by atoms with E-state index in [9.17, 15) is 24.6 Å². The van der Waals surface area contributed by atoms with Gasteiger partial charge >= 0.3 is 11.9 Å². The predicted molar refractivity (Wildman–Crippen MR) is 136 cm³/mol. The maximum absolute atomic E-state index is 13.3. The third-order valence-corrected chi connectivity index (χ3v) is 7.51. The molecule has 36 heavy (non-hydrogen) atoms. The Labute approximate surface area is 211 Å². The van der Waals surface area contributed by atoms with Crippen LogP contribution < -0.4 is 5.32 Å². The first-order valence-corrected chi connectivity index (χ1v) is 12.4. The molecule has 194 valence electrons. The minimum absolute atomic E-state index is 0.113. The summed E-state index contributed by atoms with van der Waals surface area (Å²) >= 11 is 0. The zero-order valence-corrected chi connectivity index (χ0v) is 20.9. The number of aliphatic carboxylic acids is 2. The van der Waals surface area contributed by atoms with E-state index in [4.69, 9.17) is 5.11 Å². The molecule has 1 aliphatic rings. The van der Waals surface area contributed by atoms with Gasteiger partial charge in [0, 0.05) is 19.5 Å². The van der Waals surface area contributed by atoms with Crippen LogP contribution in [0.15, 0.2) is 54.6 Å². The third-order valence-electron chi connectivity index (χ3n) is 7.51. The summed E-state index contributed by atoms with van der Waals surface area (Å²) in [6.07, 6.45) is 0.801.